The third-order valence-electron chi connectivity index (χ3n) is 3.44. The number of benzene rings is 2. The molecule has 0 aliphatic carbocycles. The summed E-state index contributed by atoms with van der Waals surface area (Å²) in [5.41, 5.74) is 2.26. The molecule has 25 heavy (non-hydrogen) atoms. The Kier molecular flexibility index (Phi) is 5.61. The van der Waals surface area contributed by atoms with E-state index in [1.54, 1.807) is 6.07 Å². The minimum atomic E-state index is -0.466. The van der Waals surface area contributed by atoms with Crippen molar-refractivity contribution in [3.8, 4) is 5.75 Å². The number of esters is 1. The molecular formula is C19H12Cl2INO2. The van der Waals surface area contributed by atoms with Gasteiger partial charge in [-0.2, -0.15) is 0 Å². The largest absolute Gasteiger partial charge is 0.423 e. The number of hydrogen-bond donors (Lipinski definition) is 0. The molecule has 3 nitrogen and oxygen atoms in total. The average Bonchev–Trinajstić information content (AvgIpc) is 2.57. The van der Waals surface area contributed by atoms with Crippen molar-refractivity contribution in [2.24, 2.45) is 0 Å². The molecule has 3 rings (SSSR count). The minimum Gasteiger partial charge on any atom is -0.423 e. The molecule has 0 saturated heterocycles. The van der Waals surface area contributed by atoms with Crippen LogP contribution in [0.5, 0.6) is 5.75 Å². The second-order valence-electron chi connectivity index (χ2n) is 5.25. The Bertz CT molecular complexity index is 1000. The number of fused-ring (bicyclic) bond motifs is 1. The van der Waals surface area contributed by atoms with Crippen molar-refractivity contribution in [2.75, 3.05) is 0 Å². The molecule has 0 spiro atoms. The van der Waals surface area contributed by atoms with Crippen LogP contribution in [0.15, 0.2) is 42.5 Å². The molecule has 0 fully saturated rings. The smallest absolute Gasteiger partial charge is 0.308 e. The van der Waals surface area contributed by atoms with E-state index in [1.807, 2.05) is 48.6 Å². The van der Waals surface area contributed by atoms with Gasteiger partial charge in [-0.3, -0.25) is 4.79 Å². The monoisotopic (exact) mass is 483 g/mol. The summed E-state index contributed by atoms with van der Waals surface area (Å²) >= 11 is 14.7. The molecule has 0 unspecified atom stereocenters. The Morgan fingerprint density at radius 2 is 1.88 bits per heavy atom. The maximum atomic E-state index is 11.4. The van der Waals surface area contributed by atoms with Crippen LogP contribution >= 0.6 is 45.8 Å². The molecule has 3 aromatic rings. The standard InChI is InChI=1S/C19H12Cl2INO2/c1-11(24)25-19-16(21)10-15(20)14-9-8-13(23-18(14)19)7-6-12-4-2-3-5-17(12)22/h2-10H,1H3/b7-6+. The van der Waals surface area contributed by atoms with Gasteiger partial charge < -0.3 is 4.74 Å². The van der Waals surface area contributed by atoms with Gasteiger partial charge >= 0.3 is 5.97 Å². The second kappa shape index (κ2) is 7.72. The molecule has 6 heteroatoms. The summed E-state index contributed by atoms with van der Waals surface area (Å²) in [7, 11) is 0. The summed E-state index contributed by atoms with van der Waals surface area (Å²) in [6.07, 6.45) is 3.87. The Balaban J connectivity index is 2.09. The first kappa shape index (κ1) is 18.2. The second-order valence-corrected chi connectivity index (χ2v) is 7.23. The number of ether oxygens (including phenoxy) is 1. The predicted octanol–water partition coefficient (Wildman–Crippen LogP) is 6.24. The number of carbonyl (C=O) groups excluding carboxylic acids is 1. The van der Waals surface area contributed by atoms with E-state index in [1.165, 1.54) is 6.92 Å². The molecule has 0 radical (unpaired) electrons. The van der Waals surface area contributed by atoms with Crippen molar-refractivity contribution >= 4 is 74.8 Å². The first-order chi connectivity index (χ1) is 12.0. The van der Waals surface area contributed by atoms with Gasteiger partial charge in [0.15, 0.2) is 5.75 Å². The van der Waals surface area contributed by atoms with Crippen LogP contribution in [0, 0.1) is 3.57 Å². The van der Waals surface area contributed by atoms with Crippen LogP contribution in [0.2, 0.25) is 10.0 Å². The highest BCUT2D eigenvalue weighted by Gasteiger charge is 2.15. The van der Waals surface area contributed by atoms with Crippen molar-refractivity contribution in [1.29, 1.82) is 0 Å². The van der Waals surface area contributed by atoms with Gasteiger partial charge in [0.05, 0.1) is 15.7 Å². The van der Waals surface area contributed by atoms with Gasteiger partial charge in [-0.05, 0) is 58.5 Å². The first-order valence-corrected chi connectivity index (χ1v) is 9.19. The topological polar surface area (TPSA) is 39.2 Å². The lowest BCUT2D eigenvalue weighted by Gasteiger charge is -2.10. The van der Waals surface area contributed by atoms with Crippen LogP contribution in [0.1, 0.15) is 18.2 Å². The molecule has 126 valence electrons. The Hall–Kier alpha value is -1.63. The van der Waals surface area contributed by atoms with Gasteiger partial charge in [0.25, 0.3) is 0 Å². The zero-order valence-electron chi connectivity index (χ0n) is 13.1. The Labute approximate surface area is 168 Å². The lowest BCUT2D eigenvalue weighted by atomic mass is 10.1. The number of nitrogens with zero attached hydrogens (tertiary/aromatic N) is 1. The van der Waals surface area contributed by atoms with Crippen LogP contribution in [0.4, 0.5) is 0 Å². The molecule has 2 aromatic carbocycles. The predicted molar refractivity (Wildman–Crippen MR) is 111 cm³/mol. The van der Waals surface area contributed by atoms with E-state index in [0.717, 1.165) is 9.13 Å². The fraction of sp³-hybridized carbons (Fsp3) is 0.0526. The molecule has 0 saturated carbocycles. The van der Waals surface area contributed by atoms with Crippen molar-refractivity contribution in [3.05, 3.63) is 67.3 Å². The number of pyridine rings is 1. The SMILES string of the molecule is CC(=O)Oc1c(Cl)cc(Cl)c2ccc(/C=C/c3ccccc3I)nc12. The molecule has 1 aromatic heterocycles. The highest BCUT2D eigenvalue weighted by Crippen LogP contribution is 2.37. The number of halogens is 3. The summed E-state index contributed by atoms with van der Waals surface area (Å²) in [5, 5.41) is 1.38. The molecule has 0 aliphatic rings. The maximum absolute atomic E-state index is 11.4. The maximum Gasteiger partial charge on any atom is 0.308 e. The van der Waals surface area contributed by atoms with Crippen molar-refractivity contribution in [2.45, 2.75) is 6.92 Å². The van der Waals surface area contributed by atoms with Crippen molar-refractivity contribution in [3.63, 3.8) is 0 Å². The summed E-state index contributed by atoms with van der Waals surface area (Å²) in [6, 6.07) is 13.3. The van der Waals surface area contributed by atoms with E-state index >= 15 is 0 Å². The van der Waals surface area contributed by atoms with E-state index in [9.17, 15) is 4.79 Å². The summed E-state index contributed by atoms with van der Waals surface area (Å²) in [6.45, 7) is 1.32. The number of carbonyl (C=O) groups is 1. The van der Waals surface area contributed by atoms with Crippen LogP contribution in [-0.2, 0) is 4.79 Å². The fourth-order valence-electron chi connectivity index (χ4n) is 2.33. The highest BCUT2D eigenvalue weighted by atomic mass is 127. The lowest BCUT2D eigenvalue weighted by Crippen LogP contribution is -2.03. The van der Waals surface area contributed by atoms with Crippen LogP contribution in [0.3, 0.4) is 0 Å². The molecule has 0 bridgehead atoms. The van der Waals surface area contributed by atoms with Gasteiger partial charge in [-0.1, -0.05) is 47.5 Å². The average molecular weight is 484 g/mol. The molecule has 1 heterocycles. The number of hydrogen-bond acceptors (Lipinski definition) is 3. The molecule has 0 amide bonds. The van der Waals surface area contributed by atoms with Gasteiger partial charge in [0.1, 0.15) is 5.52 Å². The van der Waals surface area contributed by atoms with E-state index in [2.05, 4.69) is 27.6 Å². The number of aromatic nitrogens is 1. The normalized spacial score (nSPS) is 11.2. The third-order valence-corrected chi connectivity index (χ3v) is 5.02. The van der Waals surface area contributed by atoms with Gasteiger partial charge in [-0.15, -0.1) is 0 Å². The Morgan fingerprint density at radius 1 is 1.12 bits per heavy atom. The van der Waals surface area contributed by atoms with Crippen molar-refractivity contribution in [1.82, 2.24) is 4.98 Å². The van der Waals surface area contributed by atoms with E-state index in [-0.39, 0.29) is 10.8 Å². The van der Waals surface area contributed by atoms with Gasteiger partial charge in [-0.25, -0.2) is 4.98 Å². The van der Waals surface area contributed by atoms with E-state index in [0.29, 0.717) is 21.6 Å². The van der Waals surface area contributed by atoms with E-state index in [4.69, 9.17) is 27.9 Å². The summed E-state index contributed by atoms with van der Waals surface area (Å²) in [5.74, 6) is -0.245. The summed E-state index contributed by atoms with van der Waals surface area (Å²) in [4.78, 5) is 15.9. The molecule has 0 atom stereocenters. The quantitative estimate of drug-likeness (QED) is 0.251. The van der Waals surface area contributed by atoms with Crippen molar-refractivity contribution < 1.29 is 9.53 Å². The van der Waals surface area contributed by atoms with E-state index < -0.39 is 5.97 Å². The van der Waals surface area contributed by atoms with Gasteiger partial charge in [0.2, 0.25) is 0 Å². The minimum absolute atomic E-state index is 0.220. The lowest BCUT2D eigenvalue weighted by molar-refractivity contribution is -0.131. The van der Waals surface area contributed by atoms with Crippen LogP contribution in [0.25, 0.3) is 23.1 Å². The zero-order valence-corrected chi connectivity index (χ0v) is 16.8. The van der Waals surface area contributed by atoms with Crippen LogP contribution < -0.4 is 4.74 Å². The fourth-order valence-corrected chi connectivity index (χ4v) is 3.45. The first-order valence-electron chi connectivity index (χ1n) is 7.35. The van der Waals surface area contributed by atoms with Gasteiger partial charge in [0, 0.05) is 15.9 Å². The molecule has 0 aliphatic heterocycles. The Morgan fingerprint density at radius 3 is 2.60 bits per heavy atom. The zero-order chi connectivity index (χ0) is 18.0. The third kappa shape index (κ3) is 4.14. The number of rotatable bonds is 3. The highest BCUT2D eigenvalue weighted by molar-refractivity contribution is 14.1. The molecule has 0 N–H and O–H groups in total. The molecular weight excluding hydrogens is 472 g/mol. The summed E-state index contributed by atoms with van der Waals surface area (Å²) < 4.78 is 6.38. The van der Waals surface area contributed by atoms with Crippen LogP contribution in [-0.4, -0.2) is 11.0 Å².